The number of ether oxygens (including phenoxy) is 1. The van der Waals surface area contributed by atoms with Gasteiger partial charge < -0.3 is 41.3 Å². The van der Waals surface area contributed by atoms with Crippen LogP contribution in [0.5, 0.6) is 0 Å². The molecule has 0 radical (unpaired) electrons. The molecule has 6 amide bonds. The number of thioether (sulfide) groups is 2. The van der Waals surface area contributed by atoms with Gasteiger partial charge in [-0.1, -0.05) is 19.3 Å². The number of carbonyl (C=O) groups is 6. The van der Waals surface area contributed by atoms with Crippen LogP contribution in [0.3, 0.4) is 0 Å². The monoisotopic (exact) mass is 861 g/mol. The maximum atomic E-state index is 12.7. The molecule has 2 saturated heterocycles. The Kier molecular flexibility index (Phi) is 23.2. The zero-order chi connectivity index (χ0) is 41.7. The lowest BCUT2D eigenvalue weighted by Crippen LogP contribution is -2.63. The quantitative estimate of drug-likeness (QED) is 0.0272. The number of nitrogens with one attached hydrogen (secondary N) is 4. The fourth-order valence-electron chi connectivity index (χ4n) is 7.43. The predicted octanol–water partition coefficient (Wildman–Crippen LogP) is 2.25. The van der Waals surface area contributed by atoms with E-state index in [9.17, 15) is 44.1 Å². The largest absolute Gasteiger partial charge is 0.394 e. The van der Waals surface area contributed by atoms with Crippen LogP contribution < -0.4 is 21.3 Å². The molecule has 7 N–H and O–H groups in total. The molecule has 1 aliphatic carbocycles. The van der Waals surface area contributed by atoms with E-state index < -0.39 is 36.4 Å². The first-order chi connectivity index (χ1) is 27.3. The molecule has 18 heteroatoms. The van der Waals surface area contributed by atoms with Crippen LogP contribution in [0.1, 0.15) is 117 Å². The number of aliphatic hydroxyl groups is 3. The van der Waals surface area contributed by atoms with E-state index in [1.165, 1.54) is 35.3 Å². The van der Waals surface area contributed by atoms with Gasteiger partial charge in [-0.2, -0.15) is 12.6 Å². The van der Waals surface area contributed by atoms with Crippen molar-refractivity contribution in [1.29, 1.82) is 0 Å². The minimum atomic E-state index is -1.29. The van der Waals surface area contributed by atoms with Crippen molar-refractivity contribution in [3.8, 4) is 0 Å². The van der Waals surface area contributed by atoms with Gasteiger partial charge in [0, 0.05) is 62.9 Å². The second kappa shape index (κ2) is 26.9. The van der Waals surface area contributed by atoms with Crippen molar-refractivity contribution in [3.63, 3.8) is 0 Å². The van der Waals surface area contributed by atoms with E-state index in [2.05, 4.69) is 33.9 Å². The standard InChI is InChI=1S/C39H67N5O10S3/c1-25(46)43-34-36(51)35(50)29(24-45)54-39(34)56-21-11-5-10-19-41-32(48)12-6-3-8-18-40-31(47)13-7-4-9-20-42-37(52)28-16-14-27(15-17-28)23-44-33(49)22-30(38(44)53)57-26(2)55/h26-30,34-36,39,45,50-51,55H,3-24H2,1-2H3,(H,40,47)(H,41,48)(H,42,52)(H,43,46)/t26?,27?,28?,29?,30?,34?,35-,36+,39-/m0/s1. The van der Waals surface area contributed by atoms with Gasteiger partial charge in [0.25, 0.3) is 0 Å². The lowest BCUT2D eigenvalue weighted by Gasteiger charge is -2.42. The van der Waals surface area contributed by atoms with Crippen molar-refractivity contribution in [2.45, 2.75) is 156 Å². The molecule has 3 aliphatic rings. The number of carbonyl (C=O) groups excluding carboxylic acids is 6. The van der Waals surface area contributed by atoms with E-state index >= 15 is 0 Å². The topological polar surface area (TPSA) is 224 Å². The summed E-state index contributed by atoms with van der Waals surface area (Å²) < 4.78 is 5.72. The summed E-state index contributed by atoms with van der Waals surface area (Å²) >= 11 is 7.17. The van der Waals surface area contributed by atoms with E-state index in [1.54, 1.807) is 0 Å². The number of hydrogen-bond acceptors (Lipinski definition) is 13. The van der Waals surface area contributed by atoms with Gasteiger partial charge in [0.2, 0.25) is 35.4 Å². The molecule has 2 aliphatic heterocycles. The number of imide groups is 1. The third-order valence-corrected chi connectivity index (χ3v) is 13.4. The Bertz CT molecular complexity index is 1290. The normalized spacial score (nSPS) is 26.9. The van der Waals surface area contributed by atoms with Crippen molar-refractivity contribution in [1.82, 2.24) is 26.2 Å². The number of hydrogen-bond donors (Lipinski definition) is 8. The first-order valence-electron chi connectivity index (χ1n) is 20.8. The van der Waals surface area contributed by atoms with E-state index in [1.807, 2.05) is 6.92 Å². The molecular formula is C39H67N5O10S3. The molecule has 326 valence electrons. The number of rotatable bonds is 26. The van der Waals surface area contributed by atoms with Crippen LogP contribution in [0.15, 0.2) is 0 Å². The van der Waals surface area contributed by atoms with Crippen LogP contribution in [-0.2, 0) is 33.5 Å². The van der Waals surface area contributed by atoms with E-state index in [-0.39, 0.29) is 63.5 Å². The average Bonchev–Trinajstić information content (AvgIpc) is 3.43. The van der Waals surface area contributed by atoms with Gasteiger partial charge in [-0.3, -0.25) is 33.7 Å². The molecule has 0 aromatic heterocycles. The molecule has 57 heavy (non-hydrogen) atoms. The Hall–Kier alpha value is -2.09. The minimum absolute atomic E-state index is 0.00584. The zero-order valence-corrected chi connectivity index (χ0v) is 36.2. The molecule has 0 spiro atoms. The highest BCUT2D eigenvalue weighted by molar-refractivity contribution is 8.11. The van der Waals surface area contributed by atoms with Crippen LogP contribution in [0.25, 0.3) is 0 Å². The summed E-state index contributed by atoms with van der Waals surface area (Å²) in [7, 11) is 0. The van der Waals surface area contributed by atoms with Gasteiger partial charge >= 0.3 is 0 Å². The highest BCUT2D eigenvalue weighted by Gasteiger charge is 2.45. The smallest absolute Gasteiger partial charge is 0.242 e. The number of unbranched alkanes of at least 4 members (excludes halogenated alkanes) is 6. The molecule has 4 unspecified atom stereocenters. The van der Waals surface area contributed by atoms with E-state index in [0.29, 0.717) is 44.8 Å². The Labute approximate surface area is 351 Å². The second-order valence-corrected chi connectivity index (χ2v) is 19.3. The molecule has 0 bridgehead atoms. The summed E-state index contributed by atoms with van der Waals surface area (Å²) in [5.74, 6) is 0.404. The molecule has 3 fully saturated rings. The zero-order valence-electron chi connectivity index (χ0n) is 33.7. The van der Waals surface area contributed by atoms with Crippen molar-refractivity contribution < 1.29 is 48.8 Å². The van der Waals surface area contributed by atoms with Crippen LogP contribution in [-0.4, -0.2) is 134 Å². The maximum Gasteiger partial charge on any atom is 0.242 e. The summed E-state index contributed by atoms with van der Waals surface area (Å²) in [6.45, 7) is 4.97. The van der Waals surface area contributed by atoms with Crippen molar-refractivity contribution in [3.05, 3.63) is 0 Å². The van der Waals surface area contributed by atoms with E-state index in [0.717, 1.165) is 83.5 Å². The number of aliphatic hydroxyl groups excluding tert-OH is 3. The van der Waals surface area contributed by atoms with Gasteiger partial charge in [0.15, 0.2) is 0 Å². The van der Waals surface area contributed by atoms with Gasteiger partial charge in [0.1, 0.15) is 23.7 Å². The molecule has 2 heterocycles. The number of amides is 6. The van der Waals surface area contributed by atoms with Crippen LogP contribution in [0.2, 0.25) is 0 Å². The van der Waals surface area contributed by atoms with Crippen LogP contribution >= 0.6 is 36.2 Å². The lowest BCUT2D eigenvalue weighted by molar-refractivity contribution is -0.173. The maximum absolute atomic E-state index is 12.7. The molecule has 0 aromatic rings. The summed E-state index contributed by atoms with van der Waals surface area (Å²) in [5, 5.41) is 41.2. The third-order valence-electron chi connectivity index (χ3n) is 10.7. The summed E-state index contributed by atoms with van der Waals surface area (Å²) in [5.41, 5.74) is -0.600. The molecule has 3 rings (SSSR count). The Balaban J connectivity index is 1.10. The fourth-order valence-corrected chi connectivity index (χ4v) is 10.1. The van der Waals surface area contributed by atoms with Crippen molar-refractivity contribution >= 4 is 71.6 Å². The van der Waals surface area contributed by atoms with E-state index in [4.69, 9.17) is 4.74 Å². The van der Waals surface area contributed by atoms with Gasteiger partial charge in [-0.15, -0.1) is 23.5 Å². The van der Waals surface area contributed by atoms with Crippen molar-refractivity contribution in [2.75, 3.05) is 38.5 Å². The minimum Gasteiger partial charge on any atom is -0.394 e. The average molecular weight is 862 g/mol. The van der Waals surface area contributed by atoms with Gasteiger partial charge in [-0.25, -0.2) is 0 Å². The number of thiol groups is 1. The van der Waals surface area contributed by atoms with Gasteiger partial charge in [0.05, 0.1) is 17.9 Å². The lowest BCUT2D eigenvalue weighted by atomic mass is 9.81. The first-order valence-corrected chi connectivity index (χ1v) is 23.3. The van der Waals surface area contributed by atoms with Crippen molar-refractivity contribution in [2.24, 2.45) is 11.8 Å². The number of likely N-dealkylation sites (tertiary alicyclic amines) is 1. The highest BCUT2D eigenvalue weighted by Crippen LogP contribution is 2.34. The fraction of sp³-hybridized carbons (Fsp3) is 0.846. The molecule has 15 nitrogen and oxygen atoms in total. The highest BCUT2D eigenvalue weighted by atomic mass is 32.2. The second-order valence-electron chi connectivity index (χ2n) is 15.5. The molecule has 0 aromatic carbocycles. The molecule has 1 saturated carbocycles. The summed E-state index contributed by atoms with van der Waals surface area (Å²) in [4.78, 5) is 75.2. The SMILES string of the molecule is CC(=O)NC1[C@@H](O)[C@@H](O)C(CO)O[C@H]1SCCCCCNC(=O)CCCCCNC(=O)CCCCCNC(=O)C1CCC(CN2C(=O)CC(SC(C)S)C2=O)CC1. The summed E-state index contributed by atoms with van der Waals surface area (Å²) in [6, 6.07) is -0.785. The summed E-state index contributed by atoms with van der Waals surface area (Å²) in [6.07, 6.45) is 8.11. The van der Waals surface area contributed by atoms with Crippen LogP contribution in [0.4, 0.5) is 0 Å². The molecular weight excluding hydrogens is 795 g/mol. The first kappa shape index (κ1) is 49.3. The van der Waals surface area contributed by atoms with Crippen LogP contribution in [0, 0.1) is 11.8 Å². The van der Waals surface area contributed by atoms with Gasteiger partial charge in [-0.05, 0) is 82.8 Å². The Morgan fingerprint density at radius 2 is 1.42 bits per heavy atom. The Morgan fingerprint density at radius 3 is 1.98 bits per heavy atom. The third kappa shape index (κ3) is 18.0. The Morgan fingerprint density at radius 1 is 0.842 bits per heavy atom. The number of nitrogens with zero attached hydrogens (tertiary/aromatic N) is 1. The molecule has 7 atom stereocenters. The predicted molar refractivity (Wildman–Crippen MR) is 224 cm³/mol.